The van der Waals surface area contributed by atoms with Gasteiger partial charge in [-0.05, 0) is 73.6 Å². The van der Waals surface area contributed by atoms with Crippen molar-refractivity contribution in [2.75, 3.05) is 24.3 Å². The van der Waals surface area contributed by atoms with Gasteiger partial charge in [0.2, 0.25) is 0 Å². The summed E-state index contributed by atoms with van der Waals surface area (Å²) in [5.41, 5.74) is 4.60. The van der Waals surface area contributed by atoms with Gasteiger partial charge in [-0.15, -0.1) is 0 Å². The van der Waals surface area contributed by atoms with Crippen molar-refractivity contribution in [3.8, 4) is 0 Å². The average molecular weight is 564 g/mol. The predicted octanol–water partition coefficient (Wildman–Crippen LogP) is 2.40. The Morgan fingerprint density at radius 1 is 1.24 bits per heavy atom. The van der Waals surface area contributed by atoms with Crippen molar-refractivity contribution in [1.29, 1.82) is 0 Å². The second-order valence-corrected chi connectivity index (χ2v) is 12.5. The number of carbonyl (C=O) groups is 1. The van der Waals surface area contributed by atoms with E-state index in [1.54, 1.807) is 12.3 Å². The molecule has 4 unspecified atom stereocenters. The van der Waals surface area contributed by atoms with E-state index in [0.29, 0.717) is 30.8 Å². The topological polar surface area (TPSA) is 176 Å². The summed E-state index contributed by atoms with van der Waals surface area (Å²) in [7, 11) is 0. The summed E-state index contributed by atoms with van der Waals surface area (Å²) in [5, 5.41) is 24.9. The van der Waals surface area contributed by atoms with E-state index in [1.165, 1.54) is 12.3 Å². The Morgan fingerprint density at radius 3 is 2.73 bits per heavy atom. The molecular formula is C30H37N5O6. The first-order valence-corrected chi connectivity index (χ1v) is 14.2. The van der Waals surface area contributed by atoms with Crippen LogP contribution >= 0.6 is 0 Å². The van der Waals surface area contributed by atoms with Crippen molar-refractivity contribution >= 4 is 23.8 Å². The van der Waals surface area contributed by atoms with E-state index in [0.717, 1.165) is 19.3 Å². The fourth-order valence-electron chi connectivity index (χ4n) is 7.84. The zero-order valence-corrected chi connectivity index (χ0v) is 23.3. The molecule has 2 saturated carbocycles. The van der Waals surface area contributed by atoms with E-state index >= 15 is 0 Å². The maximum absolute atomic E-state index is 13.3. The Bertz CT molecular complexity index is 1450. The number of ether oxygens (including phenoxy) is 2. The molecule has 41 heavy (non-hydrogen) atoms. The monoisotopic (exact) mass is 563 g/mol. The number of cyclic esters (lactones) is 1. The molecule has 1 spiro atoms. The normalized spacial score (nSPS) is 36.0. The molecule has 11 heteroatoms. The number of carbonyl (C=O) groups excluding carboxylic acids is 1. The molecule has 2 aliphatic heterocycles. The number of aromatic amines is 1. The highest BCUT2D eigenvalue weighted by molar-refractivity contribution is 5.95. The van der Waals surface area contributed by atoms with Crippen molar-refractivity contribution in [2.24, 2.45) is 22.7 Å². The summed E-state index contributed by atoms with van der Waals surface area (Å²) in [6.07, 6.45) is 9.20. The number of nitrogen functional groups attached to an aromatic ring is 1. The third kappa shape index (κ3) is 4.75. The van der Waals surface area contributed by atoms with Crippen LogP contribution in [-0.4, -0.2) is 62.1 Å². The molecule has 1 saturated heterocycles. The summed E-state index contributed by atoms with van der Waals surface area (Å²) in [5.74, 6) is 0.466. The van der Waals surface area contributed by atoms with Gasteiger partial charge in [-0.3, -0.25) is 9.78 Å². The minimum absolute atomic E-state index is 0.000504. The van der Waals surface area contributed by atoms with Gasteiger partial charge in [0.25, 0.3) is 5.56 Å². The van der Waals surface area contributed by atoms with Gasteiger partial charge in [0.1, 0.15) is 11.6 Å². The number of rotatable bonds is 7. The number of nitrogens with one attached hydrogen (secondary N) is 2. The molecule has 0 amide bonds. The second-order valence-electron chi connectivity index (χ2n) is 12.5. The molecule has 2 aromatic rings. The van der Waals surface area contributed by atoms with Gasteiger partial charge in [-0.25, -0.2) is 14.8 Å². The quantitative estimate of drug-likeness (QED) is 0.248. The number of hydrogen-bond donors (Lipinski definition) is 5. The highest BCUT2D eigenvalue weighted by Crippen LogP contribution is 2.66. The molecule has 4 heterocycles. The van der Waals surface area contributed by atoms with Crippen LogP contribution in [0.5, 0.6) is 0 Å². The van der Waals surface area contributed by atoms with Crippen molar-refractivity contribution in [1.82, 2.24) is 15.0 Å². The zero-order chi connectivity index (χ0) is 29.0. The minimum Gasteiger partial charge on any atom is -0.423 e. The van der Waals surface area contributed by atoms with Crippen LogP contribution in [0.25, 0.3) is 6.08 Å². The van der Waals surface area contributed by atoms with Crippen LogP contribution in [0.15, 0.2) is 52.8 Å². The number of H-pyrrole nitrogens is 1. The SMILES string of the molecule is C[C@]12CC[C@@H](O)[C@@](C)(CO)C1CCC1(CO1)C2CC(Nc1ccccn1)C1=C/C(=C\c2cnc(N)[nH]c2=O)OC1=O. The first kappa shape index (κ1) is 27.6. The number of nitrogens with zero attached hydrogens (tertiary/aromatic N) is 2. The average Bonchev–Trinajstić information content (AvgIpc) is 3.63. The molecule has 4 aliphatic rings. The number of esters is 1. The number of hydrogen-bond acceptors (Lipinski definition) is 10. The minimum atomic E-state index is -0.618. The maximum atomic E-state index is 13.3. The summed E-state index contributed by atoms with van der Waals surface area (Å²) in [6.45, 7) is 4.81. The summed E-state index contributed by atoms with van der Waals surface area (Å²) in [4.78, 5) is 36.4. The van der Waals surface area contributed by atoms with Crippen LogP contribution < -0.4 is 16.6 Å². The number of anilines is 2. The standard InChI is InChI=1S/C30H37N5O6/c1-28-8-7-23(37)29(2,15-36)21(28)6-9-30(16-40-30)22(28)13-20(34-24-5-3-4-10-32-24)19-12-18(41-26(19)39)11-17-14-33-27(31)35-25(17)38/h3-5,10-12,14,20-23,36-37H,6-9,13,15-16H2,1-2H3,(H,32,34)(H3,31,33,35,38)/b18-11+/t20?,21?,22?,23-,28+,29+,30?/m1/s1. The lowest BCUT2D eigenvalue weighted by molar-refractivity contribution is -0.177. The highest BCUT2D eigenvalue weighted by atomic mass is 16.6. The van der Waals surface area contributed by atoms with E-state index in [4.69, 9.17) is 15.2 Å². The molecule has 7 atom stereocenters. The molecule has 0 aromatic carbocycles. The zero-order valence-electron chi connectivity index (χ0n) is 23.3. The van der Waals surface area contributed by atoms with Crippen molar-refractivity contribution in [3.05, 3.63) is 63.9 Å². The fourth-order valence-corrected chi connectivity index (χ4v) is 7.84. The molecule has 2 aromatic heterocycles. The van der Waals surface area contributed by atoms with Crippen molar-refractivity contribution < 1.29 is 24.5 Å². The first-order chi connectivity index (χ1) is 19.6. The smallest absolute Gasteiger partial charge is 0.341 e. The summed E-state index contributed by atoms with van der Waals surface area (Å²) >= 11 is 0. The molecule has 6 rings (SSSR count). The van der Waals surface area contributed by atoms with Crippen molar-refractivity contribution in [2.45, 2.75) is 63.7 Å². The first-order valence-electron chi connectivity index (χ1n) is 14.2. The van der Waals surface area contributed by atoms with Crippen LogP contribution in [0.3, 0.4) is 0 Å². The van der Waals surface area contributed by atoms with Crippen LogP contribution in [0, 0.1) is 22.7 Å². The summed E-state index contributed by atoms with van der Waals surface area (Å²) < 4.78 is 11.8. The molecule has 6 N–H and O–H groups in total. The number of epoxide rings is 1. The number of nitrogens with two attached hydrogens (primary N) is 1. The van der Waals surface area contributed by atoms with Crippen LogP contribution in [0.1, 0.15) is 51.5 Å². The van der Waals surface area contributed by atoms with Gasteiger partial charge in [-0.1, -0.05) is 19.9 Å². The molecule has 0 bridgehead atoms. The Kier molecular flexibility index (Phi) is 6.79. The molecule has 11 nitrogen and oxygen atoms in total. The molecule has 3 fully saturated rings. The number of aliphatic hydroxyl groups excluding tert-OH is 2. The van der Waals surface area contributed by atoms with Crippen molar-refractivity contribution in [3.63, 3.8) is 0 Å². The molecule has 0 radical (unpaired) electrons. The van der Waals surface area contributed by atoms with E-state index in [2.05, 4.69) is 27.2 Å². The number of aromatic nitrogens is 3. The molecular weight excluding hydrogens is 526 g/mol. The van der Waals surface area contributed by atoms with E-state index in [-0.39, 0.29) is 46.7 Å². The van der Waals surface area contributed by atoms with Gasteiger partial charge >= 0.3 is 5.97 Å². The number of aliphatic hydroxyl groups is 2. The van der Waals surface area contributed by atoms with Gasteiger partial charge in [-0.2, -0.15) is 0 Å². The lowest BCUT2D eigenvalue weighted by Gasteiger charge is -2.61. The van der Waals surface area contributed by atoms with E-state index < -0.39 is 29.1 Å². The van der Waals surface area contributed by atoms with Gasteiger partial charge in [0, 0.05) is 17.8 Å². The third-order valence-electron chi connectivity index (χ3n) is 10.2. The number of fused-ring (bicyclic) bond motifs is 1. The van der Waals surface area contributed by atoms with E-state index in [1.807, 2.05) is 25.1 Å². The highest BCUT2D eigenvalue weighted by Gasteiger charge is 2.67. The Labute approximate surface area is 237 Å². The second kappa shape index (κ2) is 10.1. The number of pyridine rings is 1. The van der Waals surface area contributed by atoms with Crippen LogP contribution in [0.4, 0.5) is 11.8 Å². The maximum Gasteiger partial charge on any atom is 0.341 e. The Balaban J connectivity index is 1.37. The largest absolute Gasteiger partial charge is 0.423 e. The molecule has 2 aliphatic carbocycles. The third-order valence-corrected chi connectivity index (χ3v) is 10.2. The van der Waals surface area contributed by atoms with Gasteiger partial charge in [0.15, 0.2) is 5.95 Å². The van der Waals surface area contributed by atoms with Gasteiger partial charge < -0.3 is 30.7 Å². The molecule has 218 valence electrons. The lowest BCUT2D eigenvalue weighted by Crippen LogP contribution is -2.61. The summed E-state index contributed by atoms with van der Waals surface area (Å²) in [6, 6.07) is 5.07. The number of allylic oxidation sites excluding steroid dienone is 1. The Hall–Kier alpha value is -3.54. The fraction of sp³-hybridized carbons (Fsp3) is 0.533. The lowest BCUT2D eigenvalue weighted by atomic mass is 9.44. The van der Waals surface area contributed by atoms with Gasteiger partial charge in [0.05, 0.1) is 42.1 Å². The predicted molar refractivity (Wildman–Crippen MR) is 151 cm³/mol. The van der Waals surface area contributed by atoms with Crippen LogP contribution in [0.2, 0.25) is 0 Å². The van der Waals surface area contributed by atoms with Crippen LogP contribution in [-0.2, 0) is 14.3 Å². The Morgan fingerprint density at radius 2 is 2.05 bits per heavy atom. The van der Waals surface area contributed by atoms with E-state index in [9.17, 15) is 19.8 Å².